The fourth-order valence-electron chi connectivity index (χ4n) is 1.27. The lowest BCUT2D eigenvalue weighted by molar-refractivity contribution is 0.257. The van der Waals surface area contributed by atoms with E-state index in [0.29, 0.717) is 11.0 Å². The SMILES string of the molecule is CC(CC(N)=S)N(C)Cc1sccc1Br. The Morgan fingerprint density at radius 3 is 2.87 bits per heavy atom. The van der Waals surface area contributed by atoms with Crippen LogP contribution < -0.4 is 5.73 Å². The maximum atomic E-state index is 5.53. The van der Waals surface area contributed by atoms with Gasteiger partial charge in [-0.1, -0.05) is 12.2 Å². The molecule has 0 aliphatic carbocycles. The molecule has 15 heavy (non-hydrogen) atoms. The molecule has 1 aromatic rings. The summed E-state index contributed by atoms with van der Waals surface area (Å²) in [5.41, 5.74) is 5.53. The van der Waals surface area contributed by atoms with Crippen molar-refractivity contribution in [1.29, 1.82) is 0 Å². The lowest BCUT2D eigenvalue weighted by Crippen LogP contribution is -2.31. The average Bonchev–Trinajstić information content (AvgIpc) is 2.50. The first-order valence-corrected chi connectivity index (χ1v) is 6.79. The molecule has 1 aromatic heterocycles. The van der Waals surface area contributed by atoms with Crippen molar-refractivity contribution in [2.75, 3.05) is 7.05 Å². The molecule has 0 aromatic carbocycles. The molecule has 0 fully saturated rings. The molecule has 2 N–H and O–H groups in total. The van der Waals surface area contributed by atoms with Gasteiger partial charge in [-0.25, -0.2) is 0 Å². The van der Waals surface area contributed by atoms with E-state index in [0.717, 1.165) is 13.0 Å². The summed E-state index contributed by atoms with van der Waals surface area (Å²) >= 11 is 10.2. The van der Waals surface area contributed by atoms with E-state index in [9.17, 15) is 0 Å². The molecule has 2 nitrogen and oxygen atoms in total. The van der Waals surface area contributed by atoms with Crippen LogP contribution in [0.1, 0.15) is 18.2 Å². The summed E-state index contributed by atoms with van der Waals surface area (Å²) in [6, 6.07) is 2.46. The number of nitrogens with two attached hydrogens (primary N) is 1. The summed E-state index contributed by atoms with van der Waals surface area (Å²) in [6.07, 6.45) is 0.773. The smallest absolute Gasteiger partial charge is 0.0742 e. The van der Waals surface area contributed by atoms with Crippen LogP contribution in [0.4, 0.5) is 0 Å². The summed E-state index contributed by atoms with van der Waals surface area (Å²) in [5.74, 6) is 0. The Labute approximate surface area is 109 Å². The summed E-state index contributed by atoms with van der Waals surface area (Å²) in [6.45, 7) is 3.07. The third-order valence-electron chi connectivity index (χ3n) is 2.33. The molecule has 1 heterocycles. The van der Waals surface area contributed by atoms with Crippen LogP contribution in [0.3, 0.4) is 0 Å². The highest BCUT2D eigenvalue weighted by atomic mass is 79.9. The molecule has 1 atom stereocenters. The van der Waals surface area contributed by atoms with E-state index >= 15 is 0 Å². The number of rotatable bonds is 5. The number of halogens is 1. The zero-order valence-electron chi connectivity index (χ0n) is 8.87. The van der Waals surface area contributed by atoms with E-state index in [4.69, 9.17) is 18.0 Å². The first kappa shape index (κ1) is 13.1. The lowest BCUT2D eigenvalue weighted by atomic mass is 10.2. The second kappa shape index (κ2) is 5.94. The summed E-state index contributed by atoms with van der Waals surface area (Å²) in [4.78, 5) is 4.18. The minimum atomic E-state index is 0.386. The first-order chi connectivity index (χ1) is 7.00. The topological polar surface area (TPSA) is 29.3 Å². The Hall–Kier alpha value is 0.0300. The van der Waals surface area contributed by atoms with E-state index in [1.54, 1.807) is 11.3 Å². The molecule has 0 radical (unpaired) electrons. The van der Waals surface area contributed by atoms with Crippen LogP contribution >= 0.6 is 39.5 Å². The zero-order chi connectivity index (χ0) is 11.4. The van der Waals surface area contributed by atoms with Gasteiger partial charge in [0.1, 0.15) is 0 Å². The molecule has 0 bridgehead atoms. The van der Waals surface area contributed by atoms with Crippen molar-refractivity contribution in [2.45, 2.75) is 25.9 Å². The molecule has 0 aliphatic heterocycles. The molecule has 0 spiro atoms. The van der Waals surface area contributed by atoms with Gasteiger partial charge >= 0.3 is 0 Å². The molecule has 1 unspecified atom stereocenters. The van der Waals surface area contributed by atoms with Gasteiger partial charge in [0.2, 0.25) is 0 Å². The number of hydrogen-bond acceptors (Lipinski definition) is 3. The highest BCUT2D eigenvalue weighted by molar-refractivity contribution is 9.10. The Balaban J connectivity index is 2.52. The fraction of sp³-hybridized carbons (Fsp3) is 0.500. The van der Waals surface area contributed by atoms with Gasteiger partial charge in [0.25, 0.3) is 0 Å². The average molecular weight is 307 g/mol. The standard InChI is InChI=1S/C10H15BrN2S2/c1-7(5-10(12)14)13(2)6-9-8(11)3-4-15-9/h3-4,7H,5-6H2,1-2H3,(H2,12,14). The second-order valence-corrected chi connectivity index (χ2v) is 6.01. The number of thiophene rings is 1. The Kier molecular flexibility index (Phi) is 5.18. The van der Waals surface area contributed by atoms with Gasteiger partial charge in [0.05, 0.1) is 4.99 Å². The highest BCUT2D eigenvalue weighted by Gasteiger charge is 2.12. The van der Waals surface area contributed by atoms with Crippen LogP contribution in [0.25, 0.3) is 0 Å². The third-order valence-corrected chi connectivity index (χ3v) is 4.41. The molecule has 0 aliphatic rings. The van der Waals surface area contributed by atoms with Crippen LogP contribution in [-0.4, -0.2) is 23.0 Å². The predicted molar refractivity (Wildman–Crippen MR) is 74.4 cm³/mol. The quantitative estimate of drug-likeness (QED) is 0.848. The molecular weight excluding hydrogens is 292 g/mol. The first-order valence-electron chi connectivity index (χ1n) is 4.71. The Morgan fingerprint density at radius 2 is 2.40 bits per heavy atom. The third kappa shape index (κ3) is 4.18. The number of nitrogens with zero attached hydrogens (tertiary/aromatic N) is 1. The summed E-state index contributed by atoms with van der Waals surface area (Å²) in [7, 11) is 2.09. The van der Waals surface area contributed by atoms with E-state index in [1.165, 1.54) is 9.35 Å². The predicted octanol–water partition coefficient (Wildman–Crippen LogP) is 3.01. The van der Waals surface area contributed by atoms with E-state index in [1.807, 2.05) is 0 Å². The maximum Gasteiger partial charge on any atom is 0.0742 e. The van der Waals surface area contributed by atoms with E-state index in [2.05, 4.69) is 46.2 Å². The minimum absolute atomic E-state index is 0.386. The van der Waals surface area contributed by atoms with Crippen molar-refractivity contribution in [3.63, 3.8) is 0 Å². The maximum absolute atomic E-state index is 5.53. The molecule has 1 rings (SSSR count). The van der Waals surface area contributed by atoms with Gasteiger partial charge in [-0.15, -0.1) is 11.3 Å². The van der Waals surface area contributed by atoms with Crippen LogP contribution in [-0.2, 0) is 6.54 Å². The van der Waals surface area contributed by atoms with Crippen molar-refractivity contribution in [1.82, 2.24) is 4.90 Å². The van der Waals surface area contributed by atoms with Gasteiger partial charge < -0.3 is 5.73 Å². The molecule has 0 amide bonds. The van der Waals surface area contributed by atoms with Crippen molar-refractivity contribution >= 4 is 44.5 Å². The van der Waals surface area contributed by atoms with Crippen molar-refractivity contribution < 1.29 is 0 Å². The molecule has 84 valence electrons. The van der Waals surface area contributed by atoms with E-state index < -0.39 is 0 Å². The van der Waals surface area contributed by atoms with Gasteiger partial charge in [0, 0.05) is 28.4 Å². The minimum Gasteiger partial charge on any atom is -0.393 e. The van der Waals surface area contributed by atoms with Crippen molar-refractivity contribution in [2.24, 2.45) is 5.73 Å². The van der Waals surface area contributed by atoms with Crippen LogP contribution in [0, 0.1) is 0 Å². The summed E-state index contributed by atoms with van der Waals surface area (Å²) in [5, 5.41) is 2.09. The van der Waals surface area contributed by atoms with Crippen LogP contribution in [0.5, 0.6) is 0 Å². The normalized spacial score (nSPS) is 13.1. The van der Waals surface area contributed by atoms with Crippen molar-refractivity contribution in [3.8, 4) is 0 Å². The molecule has 5 heteroatoms. The number of thiocarbonyl (C=S) groups is 1. The van der Waals surface area contributed by atoms with Crippen LogP contribution in [0.15, 0.2) is 15.9 Å². The Bertz CT molecular complexity index is 338. The van der Waals surface area contributed by atoms with Crippen molar-refractivity contribution in [3.05, 3.63) is 20.8 Å². The Morgan fingerprint density at radius 1 is 1.73 bits per heavy atom. The van der Waals surface area contributed by atoms with E-state index in [-0.39, 0.29) is 0 Å². The van der Waals surface area contributed by atoms with Gasteiger partial charge in [-0.3, -0.25) is 4.90 Å². The molecule has 0 saturated carbocycles. The lowest BCUT2D eigenvalue weighted by Gasteiger charge is -2.23. The molecule has 0 saturated heterocycles. The number of hydrogen-bond donors (Lipinski definition) is 1. The zero-order valence-corrected chi connectivity index (χ0v) is 12.1. The summed E-state index contributed by atoms with van der Waals surface area (Å²) < 4.78 is 1.18. The molecular formula is C10H15BrN2S2. The second-order valence-electron chi connectivity index (χ2n) is 3.63. The van der Waals surface area contributed by atoms with Crippen LogP contribution in [0.2, 0.25) is 0 Å². The monoisotopic (exact) mass is 306 g/mol. The van der Waals surface area contributed by atoms with Gasteiger partial charge in [-0.2, -0.15) is 0 Å². The highest BCUT2D eigenvalue weighted by Crippen LogP contribution is 2.24. The fourth-order valence-corrected chi connectivity index (χ4v) is 3.05. The van der Waals surface area contributed by atoms with Gasteiger partial charge in [-0.05, 0) is 41.3 Å². The largest absolute Gasteiger partial charge is 0.393 e. The van der Waals surface area contributed by atoms with Gasteiger partial charge in [0.15, 0.2) is 0 Å².